The summed E-state index contributed by atoms with van der Waals surface area (Å²) in [5, 5.41) is 0.129. The minimum atomic E-state index is 0.129. The molecule has 0 heterocycles. The van der Waals surface area contributed by atoms with Crippen molar-refractivity contribution in [3.8, 4) is 0 Å². The van der Waals surface area contributed by atoms with Crippen LogP contribution in [0.5, 0.6) is 0 Å². The minimum absolute atomic E-state index is 0.129. The van der Waals surface area contributed by atoms with Crippen LogP contribution < -0.4 is 0 Å². The predicted octanol–water partition coefficient (Wildman–Crippen LogP) is 7.62. The lowest BCUT2D eigenvalue weighted by atomic mass is 9.39. The van der Waals surface area contributed by atoms with Gasteiger partial charge >= 0.3 is 6.92 Å². The van der Waals surface area contributed by atoms with Gasteiger partial charge in [-0.05, 0) is 64.5 Å². The maximum absolute atomic E-state index is 6.09. The van der Waals surface area contributed by atoms with E-state index in [1.807, 2.05) is 7.11 Å². The van der Waals surface area contributed by atoms with E-state index in [-0.39, 0.29) is 12.2 Å². The van der Waals surface area contributed by atoms with Gasteiger partial charge in [0.05, 0.1) is 0 Å². The normalized spacial score (nSPS) is 18.3. The van der Waals surface area contributed by atoms with E-state index in [0.29, 0.717) is 5.92 Å². The Morgan fingerprint density at radius 3 is 2.38 bits per heavy atom. The molecule has 1 aliphatic carbocycles. The molecule has 1 saturated carbocycles. The number of allylic oxidation sites excluding steroid dienone is 4. The van der Waals surface area contributed by atoms with Crippen LogP contribution in [0.25, 0.3) is 0 Å². The van der Waals surface area contributed by atoms with E-state index in [4.69, 9.17) is 4.65 Å². The van der Waals surface area contributed by atoms with E-state index in [9.17, 15) is 0 Å². The van der Waals surface area contributed by atoms with Gasteiger partial charge in [0.2, 0.25) is 0 Å². The van der Waals surface area contributed by atoms with E-state index < -0.39 is 0 Å². The number of hydrogen-bond acceptors (Lipinski definition) is 1. The molecule has 0 saturated heterocycles. The molecule has 0 atom stereocenters. The molecule has 0 aromatic heterocycles. The van der Waals surface area contributed by atoms with Gasteiger partial charge in [-0.15, -0.1) is 0 Å². The molecule has 0 bridgehead atoms. The molecule has 0 aromatic carbocycles. The fraction of sp³-hybridized carbons (Fsp3) is 0.810. The Labute approximate surface area is 165 Å². The first-order valence-corrected chi connectivity index (χ1v) is 11.0. The smallest absolute Gasteiger partial charge is 0.333 e. The zero-order valence-corrected chi connectivity index (χ0v) is 19.0. The van der Waals surface area contributed by atoms with Gasteiger partial charge in [-0.25, -0.2) is 0 Å². The topological polar surface area (TPSA) is 9.23 Å². The average Bonchev–Trinajstić information content (AvgIpc) is 2.55. The van der Waals surface area contributed by atoms with E-state index >= 15 is 0 Å². The second-order valence-corrected chi connectivity index (χ2v) is 9.47. The summed E-state index contributed by atoms with van der Waals surface area (Å²) in [7, 11) is 1.89. The highest BCUT2D eigenvalue weighted by Crippen LogP contribution is 2.44. The van der Waals surface area contributed by atoms with Crippen LogP contribution in [0.1, 0.15) is 86.0 Å². The van der Waals surface area contributed by atoms with Crippen molar-refractivity contribution in [2.75, 3.05) is 7.11 Å². The highest BCUT2D eigenvalue weighted by Gasteiger charge is 2.41. The summed E-state index contributed by atoms with van der Waals surface area (Å²) in [5.41, 5.74) is 1.44. The second-order valence-electron chi connectivity index (χ2n) is 8.31. The Hall–Kier alpha value is 0.235. The zero-order valence-electron chi connectivity index (χ0n) is 16.8. The van der Waals surface area contributed by atoms with Crippen LogP contribution in [0.2, 0.25) is 5.31 Å². The Morgan fingerprint density at radius 2 is 1.88 bits per heavy atom. The molecule has 0 aromatic rings. The highest BCUT2D eigenvalue weighted by molar-refractivity contribution is 14.1. The van der Waals surface area contributed by atoms with Crippen molar-refractivity contribution < 1.29 is 4.65 Å². The molecule has 3 heteroatoms. The Morgan fingerprint density at radius 1 is 1.25 bits per heavy atom. The van der Waals surface area contributed by atoms with Crippen molar-refractivity contribution in [3.05, 3.63) is 21.2 Å². The quantitative estimate of drug-likeness (QED) is 0.154. The summed E-state index contributed by atoms with van der Waals surface area (Å²) in [6.07, 6.45) is 15.6. The average molecular weight is 444 g/mol. The lowest BCUT2D eigenvalue weighted by Gasteiger charge is -2.36. The molecule has 0 amide bonds. The van der Waals surface area contributed by atoms with Gasteiger partial charge in [0.15, 0.2) is 0 Å². The van der Waals surface area contributed by atoms with Crippen molar-refractivity contribution >= 4 is 29.5 Å². The van der Waals surface area contributed by atoms with Gasteiger partial charge in [0.1, 0.15) is 0 Å². The molecule has 1 nitrogen and oxygen atoms in total. The zero-order chi connectivity index (χ0) is 18.2. The van der Waals surface area contributed by atoms with Gasteiger partial charge in [-0.1, -0.05) is 78.9 Å². The summed E-state index contributed by atoms with van der Waals surface area (Å²) in [5.74, 6) is 1.32. The van der Waals surface area contributed by atoms with Crippen LogP contribution in [0, 0.1) is 11.8 Å². The molecular weight excluding hydrogens is 406 g/mol. The molecule has 1 fully saturated rings. The summed E-state index contributed by atoms with van der Waals surface area (Å²) in [6.45, 7) is 11.8. The van der Waals surface area contributed by atoms with Crippen LogP contribution in [-0.4, -0.2) is 14.0 Å². The lowest BCUT2D eigenvalue weighted by Crippen LogP contribution is -2.37. The molecule has 0 unspecified atom stereocenters. The molecule has 0 radical (unpaired) electrons. The number of halogens is 1. The lowest BCUT2D eigenvalue weighted by molar-refractivity contribution is 0.352. The molecule has 138 valence electrons. The highest BCUT2D eigenvalue weighted by atomic mass is 127. The molecule has 1 rings (SSSR count). The maximum Gasteiger partial charge on any atom is 0.333 e. The van der Waals surface area contributed by atoms with Crippen LogP contribution >= 0.6 is 22.6 Å². The number of hydrogen-bond donors (Lipinski definition) is 0. The maximum atomic E-state index is 6.09. The SMILES string of the molecule is CCCC/C=C(I)/C(=C\C1CCCCC1)B(OC)C(C)(C)C(C)C. The number of unbranched alkanes of at least 4 members (excludes halogenated alkanes) is 2. The van der Waals surface area contributed by atoms with Crippen LogP contribution in [-0.2, 0) is 4.65 Å². The largest absolute Gasteiger partial charge is 0.433 e. The molecule has 0 N–H and O–H groups in total. The first-order valence-electron chi connectivity index (χ1n) is 9.95. The van der Waals surface area contributed by atoms with Crippen LogP contribution in [0.15, 0.2) is 21.2 Å². The van der Waals surface area contributed by atoms with Gasteiger partial charge < -0.3 is 4.65 Å². The van der Waals surface area contributed by atoms with E-state index in [0.717, 1.165) is 5.92 Å². The van der Waals surface area contributed by atoms with Crippen molar-refractivity contribution in [1.29, 1.82) is 0 Å². The molecule has 1 aliphatic rings. The Kier molecular flexibility index (Phi) is 10.3. The van der Waals surface area contributed by atoms with Crippen LogP contribution in [0.4, 0.5) is 0 Å². The summed E-state index contributed by atoms with van der Waals surface area (Å²) < 4.78 is 7.50. The van der Waals surface area contributed by atoms with Gasteiger partial charge in [0, 0.05) is 10.7 Å². The fourth-order valence-electron chi connectivity index (χ4n) is 3.53. The fourth-order valence-corrected chi connectivity index (χ4v) is 4.31. The molecule has 0 spiro atoms. The van der Waals surface area contributed by atoms with E-state index in [2.05, 4.69) is 69.4 Å². The predicted molar refractivity (Wildman–Crippen MR) is 118 cm³/mol. The summed E-state index contributed by atoms with van der Waals surface area (Å²) in [4.78, 5) is 0. The first kappa shape index (κ1) is 22.3. The van der Waals surface area contributed by atoms with Crippen molar-refractivity contribution in [3.63, 3.8) is 0 Å². The van der Waals surface area contributed by atoms with Gasteiger partial charge in [0.25, 0.3) is 0 Å². The third-order valence-electron chi connectivity index (χ3n) is 5.90. The van der Waals surface area contributed by atoms with Gasteiger partial charge in [-0.3, -0.25) is 0 Å². The minimum Gasteiger partial charge on any atom is -0.433 e. The van der Waals surface area contributed by atoms with E-state index in [1.54, 1.807) is 0 Å². The van der Waals surface area contributed by atoms with Crippen LogP contribution in [0.3, 0.4) is 0 Å². The molecule has 24 heavy (non-hydrogen) atoms. The molecule has 0 aliphatic heterocycles. The summed E-state index contributed by atoms with van der Waals surface area (Å²) in [6, 6.07) is 0. The first-order chi connectivity index (χ1) is 11.3. The second kappa shape index (κ2) is 11.1. The third kappa shape index (κ3) is 6.51. The standard InChI is InChI=1S/C21H38BIO/c1-7-8-10-15-20(23)19(16-18-13-11-9-12-14-18)22(24-6)21(4,5)17(2)3/h15-18H,7-14H2,1-6H3/b19-16+,20-15-. The number of rotatable bonds is 9. The van der Waals surface area contributed by atoms with Crippen molar-refractivity contribution in [2.24, 2.45) is 11.8 Å². The molecular formula is C21H38BIO. The Bertz CT molecular complexity index is 420. The van der Waals surface area contributed by atoms with Crippen molar-refractivity contribution in [2.45, 2.75) is 91.3 Å². The summed E-state index contributed by atoms with van der Waals surface area (Å²) >= 11 is 2.55. The van der Waals surface area contributed by atoms with Gasteiger partial charge in [-0.2, -0.15) is 0 Å². The van der Waals surface area contributed by atoms with Crippen molar-refractivity contribution in [1.82, 2.24) is 0 Å². The third-order valence-corrected chi connectivity index (χ3v) is 6.97. The Balaban J connectivity index is 3.14. The van der Waals surface area contributed by atoms with E-state index in [1.165, 1.54) is 60.4 Å². The monoisotopic (exact) mass is 444 g/mol.